The van der Waals surface area contributed by atoms with Crippen LogP contribution >= 0.6 is 0 Å². The fourth-order valence-electron chi connectivity index (χ4n) is 9.08. The normalized spacial score (nSPS) is 27.6. The van der Waals surface area contributed by atoms with Crippen molar-refractivity contribution in [2.45, 2.75) is 88.6 Å². The van der Waals surface area contributed by atoms with Gasteiger partial charge >= 0.3 is 0 Å². The molecule has 0 atom stereocenters. The van der Waals surface area contributed by atoms with Crippen LogP contribution in [0.3, 0.4) is 0 Å². The Hall–Kier alpha value is -5.38. The van der Waals surface area contributed by atoms with Gasteiger partial charge in [-0.15, -0.1) is 0 Å². The summed E-state index contributed by atoms with van der Waals surface area (Å²) >= 11 is 0. The quantitative estimate of drug-likeness (QED) is 0.178. The van der Waals surface area contributed by atoms with Gasteiger partial charge in [-0.3, -0.25) is 19.4 Å². The molecule has 4 aromatic carbocycles. The Morgan fingerprint density at radius 1 is 0.740 bits per heavy atom. The molecule has 0 bridgehead atoms. The van der Waals surface area contributed by atoms with E-state index < -0.39 is 11.3 Å². The van der Waals surface area contributed by atoms with Crippen LogP contribution in [0.4, 0.5) is 17.1 Å². The van der Waals surface area contributed by atoms with Gasteiger partial charge in [0.15, 0.2) is 0 Å². The third kappa shape index (κ3) is 4.75. The number of amides is 2. The number of anilines is 3. The molecular weight excluding hydrogens is 628 g/mol. The number of Topliss-reactive ketones (excluding diaryl/α,β-unsaturated/α-hetero) is 1. The van der Waals surface area contributed by atoms with E-state index in [9.17, 15) is 19.5 Å². The first-order valence-electron chi connectivity index (χ1n) is 17.7. The summed E-state index contributed by atoms with van der Waals surface area (Å²) < 4.78 is 0. The van der Waals surface area contributed by atoms with E-state index in [1.165, 1.54) is 0 Å². The topological polar surface area (TPSA) is 144 Å². The maximum Gasteiger partial charge on any atom is 0.217 e. The molecule has 0 unspecified atom stereocenters. The smallest absolute Gasteiger partial charge is 0.217 e. The van der Waals surface area contributed by atoms with Crippen LogP contribution in [0.1, 0.15) is 70.8 Å². The number of nitrogens with zero attached hydrogens (tertiary/aromatic N) is 1. The highest BCUT2D eigenvalue weighted by Gasteiger charge is 2.43. The lowest BCUT2D eigenvalue weighted by Gasteiger charge is -2.46. The van der Waals surface area contributed by atoms with E-state index in [4.69, 9.17) is 4.99 Å². The average Bonchev–Trinajstić information content (AvgIpc) is 3.09. The number of carbonyl (C=O) groups excluding carboxylic acids is 3. The molecule has 6 N–H and O–H groups in total. The van der Waals surface area contributed by atoms with Gasteiger partial charge in [0.05, 0.1) is 22.2 Å². The fourth-order valence-corrected chi connectivity index (χ4v) is 9.08. The molecule has 0 aromatic heterocycles. The molecule has 0 radical (unpaired) electrons. The molecular formula is C40H40N6O4. The van der Waals surface area contributed by atoms with Crippen molar-refractivity contribution in [1.29, 1.82) is 0 Å². The summed E-state index contributed by atoms with van der Waals surface area (Å²) in [6, 6.07) is 20.4. The van der Waals surface area contributed by atoms with E-state index >= 15 is 0 Å². The molecule has 9 rings (SSSR count). The number of ketones is 1. The molecule has 2 amide bonds. The van der Waals surface area contributed by atoms with Crippen LogP contribution < -0.4 is 37.2 Å². The molecule has 2 aliphatic heterocycles. The number of nitrogens with one attached hydrogen (secondary N) is 5. The Balaban J connectivity index is 1.16. The predicted octanol–water partition coefficient (Wildman–Crippen LogP) is 5.13. The van der Waals surface area contributed by atoms with Crippen molar-refractivity contribution in [2.75, 3.05) is 16.0 Å². The van der Waals surface area contributed by atoms with Gasteiger partial charge in [0.2, 0.25) is 17.6 Å². The summed E-state index contributed by atoms with van der Waals surface area (Å²) in [6.07, 6.45) is 6.24. The number of carbonyl (C=O) groups is 3. The van der Waals surface area contributed by atoms with Gasteiger partial charge < -0.3 is 31.7 Å². The summed E-state index contributed by atoms with van der Waals surface area (Å²) in [5.41, 5.74) is 3.07. The first kappa shape index (κ1) is 30.7. The van der Waals surface area contributed by atoms with Crippen molar-refractivity contribution in [3.8, 4) is 0 Å². The van der Waals surface area contributed by atoms with Gasteiger partial charge in [-0.05, 0) is 74.3 Å². The molecule has 10 nitrogen and oxygen atoms in total. The Kier molecular flexibility index (Phi) is 6.79. The molecule has 2 spiro atoms. The lowest BCUT2D eigenvalue weighted by Crippen LogP contribution is -2.53. The zero-order valence-electron chi connectivity index (χ0n) is 28.2. The molecule has 4 aromatic rings. The van der Waals surface area contributed by atoms with Crippen LogP contribution in [0, 0.1) is 0 Å². The minimum Gasteiger partial charge on any atom is -0.506 e. The van der Waals surface area contributed by atoms with Crippen molar-refractivity contribution in [2.24, 2.45) is 4.99 Å². The molecule has 2 heterocycles. The van der Waals surface area contributed by atoms with Gasteiger partial charge in [-0.2, -0.15) is 0 Å². The number of rotatable bonds is 3. The van der Waals surface area contributed by atoms with Crippen LogP contribution in [-0.2, 0) is 14.4 Å². The zero-order valence-corrected chi connectivity index (χ0v) is 28.2. The van der Waals surface area contributed by atoms with Gasteiger partial charge in [-0.25, -0.2) is 0 Å². The lowest BCUT2D eigenvalue weighted by molar-refractivity contribution is -0.120. The largest absolute Gasteiger partial charge is 0.506 e. The Morgan fingerprint density at radius 3 is 1.98 bits per heavy atom. The molecule has 2 saturated carbocycles. The molecule has 3 aliphatic carbocycles. The van der Waals surface area contributed by atoms with Gasteiger partial charge in [-0.1, -0.05) is 48.5 Å². The Morgan fingerprint density at radius 2 is 1.34 bits per heavy atom. The number of hydrogen-bond donors (Lipinski definition) is 6. The average molecular weight is 669 g/mol. The number of aliphatic hydroxyl groups excluding tert-OH is 1. The minimum atomic E-state index is -0.565. The predicted molar refractivity (Wildman–Crippen MR) is 195 cm³/mol. The highest BCUT2D eigenvalue weighted by Crippen LogP contribution is 2.49. The maximum atomic E-state index is 14.4. The van der Waals surface area contributed by atoms with Gasteiger partial charge in [0.1, 0.15) is 17.1 Å². The molecule has 254 valence electrons. The second kappa shape index (κ2) is 11.1. The van der Waals surface area contributed by atoms with Crippen molar-refractivity contribution >= 4 is 67.4 Å². The molecule has 10 heteroatoms. The molecule has 50 heavy (non-hydrogen) atoms. The Labute approximate surface area is 289 Å². The van der Waals surface area contributed by atoms with E-state index in [2.05, 4.69) is 44.8 Å². The van der Waals surface area contributed by atoms with Crippen LogP contribution in [-0.4, -0.2) is 46.1 Å². The maximum absolute atomic E-state index is 14.4. The molecule has 0 saturated heterocycles. The standard InChI is InChI=1S/C40H40N6O4/c1-21(47)41-25-13-17-39(18-14-25)43-29-7-3-5-23-9-11-27(35(45-39)31(23)29)33-37(49)34(38(33)50)28-12-10-24-6-4-8-30-32(24)36(28)46-40(44-30)19-15-26(16-20-40)42-22(2)48/h3-12,25-26,43-45,49H,13-20H2,1-2H3,(H,41,47)(H,42,48)/b34-28+. The number of aliphatic hydroxyl groups is 1. The lowest BCUT2D eigenvalue weighted by atomic mass is 9.78. The third-order valence-electron chi connectivity index (χ3n) is 11.4. The third-order valence-corrected chi connectivity index (χ3v) is 11.4. The van der Waals surface area contributed by atoms with E-state index in [0.29, 0.717) is 21.9 Å². The highest BCUT2D eigenvalue weighted by molar-refractivity contribution is 6.52. The van der Waals surface area contributed by atoms with E-state index in [-0.39, 0.29) is 35.4 Å². The summed E-state index contributed by atoms with van der Waals surface area (Å²) in [4.78, 5) is 43.2. The monoisotopic (exact) mass is 668 g/mol. The fraction of sp³-hybridized carbons (Fsp3) is 0.350. The van der Waals surface area contributed by atoms with Crippen molar-refractivity contribution < 1.29 is 19.5 Å². The van der Waals surface area contributed by atoms with Crippen LogP contribution in [0.2, 0.25) is 0 Å². The van der Waals surface area contributed by atoms with Crippen LogP contribution in [0.5, 0.6) is 0 Å². The van der Waals surface area contributed by atoms with Crippen LogP contribution in [0.25, 0.3) is 32.7 Å². The molecule has 2 fully saturated rings. The second-order valence-corrected chi connectivity index (χ2v) is 14.7. The van der Waals surface area contributed by atoms with Crippen molar-refractivity contribution in [3.05, 3.63) is 82.6 Å². The highest BCUT2D eigenvalue weighted by atomic mass is 16.3. The van der Waals surface area contributed by atoms with Gasteiger partial charge in [0.25, 0.3) is 0 Å². The SMILES string of the molecule is CC(=O)NC1CCC2(CC1)N=c1/c(=C3/C(=O)C(c4ccc5cccc6c5c4NC4(CCC(NC(C)=O)CC4)N6)=C3O)ccc3cccc(c13)N2. The van der Waals surface area contributed by atoms with E-state index in [1.54, 1.807) is 13.8 Å². The number of benzene rings is 4. The minimum absolute atomic E-state index is 0.0166. The van der Waals surface area contributed by atoms with E-state index in [0.717, 1.165) is 95.3 Å². The van der Waals surface area contributed by atoms with Gasteiger partial charge in [0, 0.05) is 58.9 Å². The summed E-state index contributed by atoms with van der Waals surface area (Å²) in [5.74, 6) is -0.263. The summed E-state index contributed by atoms with van der Waals surface area (Å²) in [7, 11) is 0. The zero-order chi connectivity index (χ0) is 34.4. The Bertz CT molecular complexity index is 2330. The first-order valence-corrected chi connectivity index (χ1v) is 17.7. The molecule has 5 aliphatic rings. The van der Waals surface area contributed by atoms with Crippen molar-refractivity contribution in [1.82, 2.24) is 10.6 Å². The number of hydrogen-bond acceptors (Lipinski definition) is 8. The summed E-state index contributed by atoms with van der Waals surface area (Å²) in [5, 5.41) is 34.6. The number of allylic oxidation sites excluding steroid dienone is 2. The van der Waals surface area contributed by atoms with Crippen LogP contribution in [0.15, 0.2) is 71.4 Å². The van der Waals surface area contributed by atoms with Crippen molar-refractivity contribution in [3.63, 3.8) is 0 Å². The second-order valence-electron chi connectivity index (χ2n) is 14.7. The summed E-state index contributed by atoms with van der Waals surface area (Å²) in [6.45, 7) is 3.11. The first-order chi connectivity index (χ1) is 24.1. The van der Waals surface area contributed by atoms with E-state index in [1.807, 2.05) is 42.5 Å².